The largest absolute Gasteiger partial charge is 0.456 e. The second-order valence-electron chi connectivity index (χ2n) is 9.71. The molecule has 4 aliphatic rings. The maximum Gasteiger partial charge on any atom is 0.332 e. The maximum absolute atomic E-state index is 12.8. The number of rotatable bonds is 4. The van der Waals surface area contributed by atoms with Crippen LogP contribution in [-0.2, 0) is 19.1 Å². The van der Waals surface area contributed by atoms with Crippen molar-refractivity contribution < 1.29 is 24.2 Å². The van der Waals surface area contributed by atoms with Gasteiger partial charge in [-0.2, -0.15) is 0 Å². The Balaban J connectivity index is 1.60. The molecule has 0 spiro atoms. The van der Waals surface area contributed by atoms with Gasteiger partial charge in [0.05, 0.1) is 0 Å². The summed E-state index contributed by atoms with van der Waals surface area (Å²) in [5, 5.41) is 9.52. The van der Waals surface area contributed by atoms with E-state index in [1.165, 1.54) is 0 Å². The van der Waals surface area contributed by atoms with Crippen LogP contribution in [0.4, 0.5) is 0 Å². The van der Waals surface area contributed by atoms with Crippen molar-refractivity contribution in [2.24, 2.45) is 34.5 Å². The zero-order valence-electron chi connectivity index (χ0n) is 17.1. The second-order valence-corrected chi connectivity index (χ2v) is 10.1. The van der Waals surface area contributed by atoms with Crippen molar-refractivity contribution in [3.63, 3.8) is 0 Å². The van der Waals surface area contributed by atoms with Crippen LogP contribution in [0, 0.1) is 34.5 Å². The molecule has 158 valence electrons. The van der Waals surface area contributed by atoms with Gasteiger partial charge in [-0.1, -0.05) is 31.5 Å². The fourth-order valence-corrected chi connectivity index (χ4v) is 7.31. The van der Waals surface area contributed by atoms with E-state index in [0.29, 0.717) is 29.2 Å². The number of Topliss-reactive ketones (excluding diaryl/α,β-unsaturated/α-hetero) is 1. The Kier molecular flexibility index (Phi) is 5.27. The van der Waals surface area contributed by atoms with Crippen LogP contribution >= 0.6 is 11.6 Å². The summed E-state index contributed by atoms with van der Waals surface area (Å²) in [4.78, 5) is 36.1. The number of aliphatic hydroxyl groups is 1. The van der Waals surface area contributed by atoms with Crippen molar-refractivity contribution in [2.45, 2.75) is 52.4 Å². The quantitative estimate of drug-likeness (QED) is 0.703. The van der Waals surface area contributed by atoms with Crippen LogP contribution in [0.15, 0.2) is 22.8 Å². The lowest BCUT2D eigenvalue weighted by atomic mass is 9.48. The van der Waals surface area contributed by atoms with Gasteiger partial charge in [0.25, 0.3) is 0 Å². The molecule has 1 N–H and O–H groups in total. The molecule has 0 aromatic heterocycles. The molecule has 4 aliphatic carbocycles. The van der Waals surface area contributed by atoms with Crippen LogP contribution in [0.3, 0.4) is 0 Å². The van der Waals surface area contributed by atoms with Gasteiger partial charge in [0.15, 0.2) is 11.6 Å². The van der Waals surface area contributed by atoms with Crippen LogP contribution in [0.2, 0.25) is 0 Å². The van der Waals surface area contributed by atoms with Crippen LogP contribution in [0.5, 0.6) is 0 Å². The van der Waals surface area contributed by atoms with E-state index in [2.05, 4.69) is 19.9 Å². The Labute approximate surface area is 176 Å². The lowest BCUT2D eigenvalue weighted by Gasteiger charge is -2.56. The first-order chi connectivity index (χ1) is 13.7. The van der Waals surface area contributed by atoms with Gasteiger partial charge in [0.2, 0.25) is 0 Å². The first-order valence-corrected chi connectivity index (χ1v) is 11.0. The van der Waals surface area contributed by atoms with E-state index in [0.717, 1.165) is 37.7 Å². The lowest BCUT2D eigenvalue weighted by Crippen LogP contribution is -2.50. The molecule has 5 nitrogen and oxygen atoms in total. The van der Waals surface area contributed by atoms with Crippen molar-refractivity contribution in [1.82, 2.24) is 0 Å². The van der Waals surface area contributed by atoms with Crippen LogP contribution in [0.1, 0.15) is 52.4 Å². The highest BCUT2D eigenvalue weighted by molar-refractivity contribution is 6.32. The molecule has 4 rings (SSSR count). The molecule has 0 aromatic rings. The first-order valence-electron chi connectivity index (χ1n) is 10.6. The number of aliphatic hydroxyl groups excluding tert-OH is 1. The van der Waals surface area contributed by atoms with E-state index in [1.807, 2.05) is 0 Å². The molecule has 0 radical (unpaired) electrons. The average Bonchev–Trinajstić information content (AvgIpc) is 3.05. The third-order valence-corrected chi connectivity index (χ3v) is 8.78. The molecular formula is C23H29ClO5. The number of esters is 1. The van der Waals surface area contributed by atoms with Gasteiger partial charge in [-0.15, -0.1) is 0 Å². The highest BCUT2D eigenvalue weighted by Gasteiger charge is 2.60. The van der Waals surface area contributed by atoms with Crippen LogP contribution in [-0.4, -0.2) is 35.9 Å². The van der Waals surface area contributed by atoms with Crippen LogP contribution in [0.25, 0.3) is 0 Å². The predicted octanol–water partition coefficient (Wildman–Crippen LogP) is 3.58. The van der Waals surface area contributed by atoms with Crippen molar-refractivity contribution in [3.05, 3.63) is 22.8 Å². The third kappa shape index (κ3) is 3.21. The molecule has 0 heterocycles. The number of hydrogen-bond donors (Lipinski definition) is 1. The number of ether oxygens (including phenoxy) is 1. The Morgan fingerprint density at radius 1 is 1.21 bits per heavy atom. The van der Waals surface area contributed by atoms with E-state index in [4.69, 9.17) is 21.4 Å². The van der Waals surface area contributed by atoms with Crippen molar-refractivity contribution in [2.75, 3.05) is 13.2 Å². The van der Waals surface area contributed by atoms with Crippen LogP contribution < -0.4 is 0 Å². The fourth-order valence-electron chi connectivity index (χ4n) is 6.90. The topological polar surface area (TPSA) is 80.7 Å². The molecule has 0 saturated heterocycles. The first kappa shape index (κ1) is 20.8. The van der Waals surface area contributed by atoms with Crippen molar-refractivity contribution in [1.29, 1.82) is 0 Å². The highest BCUT2D eigenvalue weighted by Crippen LogP contribution is 2.66. The number of carbonyl (C=O) groups is 3. The minimum atomic E-state index is -0.761. The van der Waals surface area contributed by atoms with E-state index in [-0.39, 0.29) is 34.9 Å². The summed E-state index contributed by atoms with van der Waals surface area (Å²) in [5.41, 5.74) is 0.784. The second kappa shape index (κ2) is 7.35. The highest BCUT2D eigenvalue weighted by atomic mass is 35.5. The molecule has 0 unspecified atom stereocenters. The molecule has 0 amide bonds. The van der Waals surface area contributed by atoms with Crippen molar-refractivity contribution >= 4 is 29.1 Å². The van der Waals surface area contributed by atoms with E-state index >= 15 is 0 Å². The Hall–Kier alpha value is -1.46. The standard InChI is InChI=1S/C23H29ClO5/c1-22-8-6-16-14(10-19(24)18-9-13(26)5-7-23(16,18)2)15(22)3-4-17(22)20(27)12-29-21(28)11-25/h9-10,14-17,25H,3-8,11-12H2,1-2H3/t14-,15-,16-,17+,22-,23+/m0/s1. The van der Waals surface area contributed by atoms with E-state index in [9.17, 15) is 14.4 Å². The van der Waals surface area contributed by atoms with Gasteiger partial charge >= 0.3 is 5.97 Å². The molecule has 0 aliphatic heterocycles. The van der Waals surface area contributed by atoms with Gasteiger partial charge in [0.1, 0.15) is 13.2 Å². The number of allylic oxidation sites excluding steroid dienone is 4. The number of halogens is 1. The summed E-state index contributed by atoms with van der Waals surface area (Å²) in [6.45, 7) is 3.50. The Morgan fingerprint density at radius 2 is 1.97 bits per heavy atom. The molecule has 0 aromatic carbocycles. The minimum absolute atomic E-state index is 0.0452. The summed E-state index contributed by atoms with van der Waals surface area (Å²) in [6, 6.07) is 0. The fraction of sp³-hybridized carbons (Fsp3) is 0.696. The zero-order chi connectivity index (χ0) is 21.0. The lowest BCUT2D eigenvalue weighted by molar-refractivity contribution is -0.153. The molecule has 29 heavy (non-hydrogen) atoms. The monoisotopic (exact) mass is 420 g/mol. The van der Waals surface area contributed by atoms with E-state index < -0.39 is 12.6 Å². The number of fused-ring (bicyclic) bond motifs is 5. The SMILES string of the molecule is C[C@]12CC[C@H]3[C@@H](C=C(Cl)C4=CC(=O)CC[C@@]43C)[C@@H]1CC[C@@H]2C(=O)COC(=O)CO. The van der Waals surface area contributed by atoms with Gasteiger partial charge < -0.3 is 9.84 Å². The molecule has 2 saturated carbocycles. The minimum Gasteiger partial charge on any atom is -0.456 e. The molecule has 6 heteroatoms. The number of carbonyl (C=O) groups excluding carboxylic acids is 3. The van der Waals surface area contributed by atoms with Gasteiger partial charge in [-0.3, -0.25) is 9.59 Å². The maximum atomic E-state index is 12.8. The Bertz CT molecular complexity index is 814. The Morgan fingerprint density at radius 3 is 2.69 bits per heavy atom. The van der Waals surface area contributed by atoms with Crippen molar-refractivity contribution in [3.8, 4) is 0 Å². The smallest absolute Gasteiger partial charge is 0.332 e. The third-order valence-electron chi connectivity index (χ3n) is 8.45. The summed E-state index contributed by atoms with van der Waals surface area (Å²) < 4.78 is 4.90. The summed E-state index contributed by atoms with van der Waals surface area (Å²) in [7, 11) is 0. The van der Waals surface area contributed by atoms with Gasteiger partial charge in [-0.25, -0.2) is 4.79 Å². The average molecular weight is 421 g/mol. The number of ketones is 2. The molecule has 6 atom stereocenters. The number of hydrogen-bond acceptors (Lipinski definition) is 5. The normalized spacial score (nSPS) is 40.9. The zero-order valence-corrected chi connectivity index (χ0v) is 17.8. The van der Waals surface area contributed by atoms with E-state index in [1.54, 1.807) is 6.08 Å². The molecular weight excluding hydrogens is 392 g/mol. The summed E-state index contributed by atoms with van der Waals surface area (Å²) >= 11 is 6.69. The summed E-state index contributed by atoms with van der Waals surface area (Å²) in [6.07, 6.45) is 9.02. The molecule has 2 fully saturated rings. The molecule has 0 bridgehead atoms. The van der Waals surface area contributed by atoms with Gasteiger partial charge in [0, 0.05) is 17.4 Å². The predicted molar refractivity (Wildman–Crippen MR) is 108 cm³/mol. The summed E-state index contributed by atoms with van der Waals surface area (Å²) in [5.74, 6) is 0.308. The van der Waals surface area contributed by atoms with Gasteiger partial charge in [-0.05, 0) is 72.3 Å².